The minimum absolute atomic E-state index is 0.156. The van der Waals surface area contributed by atoms with E-state index in [0.29, 0.717) is 21.6 Å². The Morgan fingerprint density at radius 2 is 2.09 bits per heavy atom. The Labute approximate surface area is 193 Å². The maximum absolute atomic E-state index is 12.8. The number of benzene rings is 1. The SMILES string of the molecule is COC(=O)c1c(NC(=O)CSc2nnc3ccc4ccccc4n23)sc2c1CC[C@@H](C)C2. The summed E-state index contributed by atoms with van der Waals surface area (Å²) in [5, 5.41) is 13.8. The van der Waals surface area contributed by atoms with Gasteiger partial charge in [0.15, 0.2) is 10.8 Å². The lowest BCUT2D eigenvalue weighted by atomic mass is 9.88. The number of carbonyl (C=O) groups excluding carboxylic acids is 2. The number of fused-ring (bicyclic) bond motifs is 4. The van der Waals surface area contributed by atoms with E-state index in [9.17, 15) is 9.59 Å². The van der Waals surface area contributed by atoms with Crippen LogP contribution in [0, 0.1) is 5.92 Å². The molecule has 7 nitrogen and oxygen atoms in total. The fourth-order valence-electron chi connectivity index (χ4n) is 4.16. The lowest BCUT2D eigenvalue weighted by Crippen LogP contribution is -2.17. The van der Waals surface area contributed by atoms with E-state index >= 15 is 0 Å². The minimum Gasteiger partial charge on any atom is -0.465 e. The third-order valence-corrected chi connectivity index (χ3v) is 7.83. The molecule has 0 saturated carbocycles. The molecule has 3 aromatic heterocycles. The molecular formula is C23H22N4O3S2. The first-order valence-electron chi connectivity index (χ1n) is 10.4. The lowest BCUT2D eigenvalue weighted by Gasteiger charge is -2.18. The average Bonchev–Trinajstić information content (AvgIpc) is 3.37. The highest BCUT2D eigenvalue weighted by Gasteiger charge is 2.29. The van der Waals surface area contributed by atoms with E-state index in [1.807, 2.05) is 40.8 Å². The van der Waals surface area contributed by atoms with Gasteiger partial charge in [-0.15, -0.1) is 21.5 Å². The number of carbonyl (C=O) groups is 2. The number of methoxy groups -OCH3 is 1. The Kier molecular flexibility index (Phi) is 5.60. The zero-order chi connectivity index (χ0) is 22.2. The zero-order valence-corrected chi connectivity index (χ0v) is 19.4. The number of nitrogens with zero attached hydrogens (tertiary/aromatic N) is 3. The summed E-state index contributed by atoms with van der Waals surface area (Å²) >= 11 is 2.81. The number of thiophene rings is 1. The fourth-order valence-corrected chi connectivity index (χ4v) is 6.32. The largest absolute Gasteiger partial charge is 0.465 e. The highest BCUT2D eigenvalue weighted by atomic mass is 32.2. The standard InChI is InChI=1S/C23H22N4O3S2/c1-13-7-9-15-17(11-13)32-21(20(15)22(29)30-2)24-19(28)12-31-23-26-25-18-10-8-14-5-3-4-6-16(14)27(18)23/h3-6,8,10,13H,7,9,11-12H2,1-2H3,(H,24,28)/t13-/m1/s1. The molecule has 1 aliphatic carbocycles. The van der Waals surface area contributed by atoms with E-state index in [4.69, 9.17) is 4.74 Å². The number of nitrogens with one attached hydrogen (secondary N) is 1. The Hall–Kier alpha value is -2.91. The molecule has 0 aliphatic heterocycles. The molecule has 0 spiro atoms. The monoisotopic (exact) mass is 466 g/mol. The molecule has 164 valence electrons. The van der Waals surface area contributed by atoms with Crippen molar-refractivity contribution in [2.75, 3.05) is 18.2 Å². The maximum Gasteiger partial charge on any atom is 0.341 e. The van der Waals surface area contributed by atoms with E-state index in [1.54, 1.807) is 0 Å². The van der Waals surface area contributed by atoms with Crippen LogP contribution in [-0.2, 0) is 22.4 Å². The van der Waals surface area contributed by atoms with E-state index in [2.05, 4.69) is 22.4 Å². The van der Waals surface area contributed by atoms with Crippen LogP contribution in [-0.4, -0.2) is 39.3 Å². The Morgan fingerprint density at radius 1 is 1.25 bits per heavy atom. The smallest absolute Gasteiger partial charge is 0.341 e. The van der Waals surface area contributed by atoms with Gasteiger partial charge in [0.25, 0.3) is 0 Å². The first kappa shape index (κ1) is 21.0. The van der Waals surface area contributed by atoms with Crippen molar-refractivity contribution < 1.29 is 14.3 Å². The summed E-state index contributed by atoms with van der Waals surface area (Å²) in [6, 6.07) is 11.9. The van der Waals surface area contributed by atoms with Gasteiger partial charge in [0, 0.05) is 4.88 Å². The van der Waals surface area contributed by atoms with Crippen LogP contribution in [0.4, 0.5) is 5.00 Å². The molecular weight excluding hydrogens is 444 g/mol. The van der Waals surface area contributed by atoms with E-state index in [0.717, 1.165) is 41.4 Å². The molecule has 0 fully saturated rings. The summed E-state index contributed by atoms with van der Waals surface area (Å²) in [7, 11) is 1.38. The number of hydrogen-bond acceptors (Lipinski definition) is 7. The van der Waals surface area contributed by atoms with Gasteiger partial charge in [-0.25, -0.2) is 4.79 Å². The van der Waals surface area contributed by atoms with Gasteiger partial charge in [0.05, 0.1) is 23.9 Å². The van der Waals surface area contributed by atoms with Crippen molar-refractivity contribution in [3.05, 3.63) is 52.4 Å². The molecule has 3 heterocycles. The molecule has 1 atom stereocenters. The Bertz CT molecular complexity index is 1340. The Morgan fingerprint density at radius 3 is 2.94 bits per heavy atom. The van der Waals surface area contributed by atoms with Crippen LogP contribution >= 0.6 is 23.1 Å². The van der Waals surface area contributed by atoms with Gasteiger partial charge in [0.2, 0.25) is 5.91 Å². The maximum atomic E-state index is 12.8. The highest BCUT2D eigenvalue weighted by Crippen LogP contribution is 2.40. The summed E-state index contributed by atoms with van der Waals surface area (Å²) in [6.07, 6.45) is 2.79. The average molecular weight is 467 g/mol. The van der Waals surface area contributed by atoms with Crippen molar-refractivity contribution >= 4 is 56.5 Å². The Balaban J connectivity index is 1.37. The zero-order valence-electron chi connectivity index (χ0n) is 17.8. The van der Waals surface area contributed by atoms with Crippen LogP contribution in [0.5, 0.6) is 0 Å². The summed E-state index contributed by atoms with van der Waals surface area (Å²) in [4.78, 5) is 26.4. The predicted molar refractivity (Wildman–Crippen MR) is 127 cm³/mol. The molecule has 5 rings (SSSR count). The number of hydrogen-bond donors (Lipinski definition) is 1. The van der Waals surface area contributed by atoms with E-state index in [1.165, 1.54) is 35.1 Å². The van der Waals surface area contributed by atoms with Gasteiger partial charge in [-0.2, -0.15) is 0 Å². The number of esters is 1. The molecule has 0 radical (unpaired) electrons. The van der Waals surface area contributed by atoms with Gasteiger partial charge < -0.3 is 10.1 Å². The normalized spacial score (nSPS) is 15.6. The van der Waals surface area contributed by atoms with Crippen molar-refractivity contribution in [1.29, 1.82) is 0 Å². The summed E-state index contributed by atoms with van der Waals surface area (Å²) in [6.45, 7) is 2.21. The number of amides is 1. The minimum atomic E-state index is -0.394. The summed E-state index contributed by atoms with van der Waals surface area (Å²) in [5.74, 6) is 0.143. The summed E-state index contributed by atoms with van der Waals surface area (Å²) < 4.78 is 6.96. The van der Waals surface area contributed by atoms with Crippen LogP contribution in [0.2, 0.25) is 0 Å². The van der Waals surface area contributed by atoms with Crippen LogP contribution in [0.15, 0.2) is 41.6 Å². The molecule has 1 amide bonds. The molecule has 4 aromatic rings. The highest BCUT2D eigenvalue weighted by molar-refractivity contribution is 7.99. The number of para-hydroxylation sites is 1. The molecule has 1 aliphatic rings. The number of ether oxygens (including phenoxy) is 1. The third-order valence-electron chi connectivity index (χ3n) is 5.73. The van der Waals surface area contributed by atoms with Crippen molar-refractivity contribution in [2.24, 2.45) is 5.92 Å². The number of pyridine rings is 1. The number of aromatic nitrogens is 3. The van der Waals surface area contributed by atoms with Crippen molar-refractivity contribution in [1.82, 2.24) is 14.6 Å². The molecule has 9 heteroatoms. The van der Waals surface area contributed by atoms with Crippen LogP contribution in [0.3, 0.4) is 0 Å². The molecule has 1 N–H and O–H groups in total. The molecule has 0 bridgehead atoms. The van der Waals surface area contributed by atoms with Crippen molar-refractivity contribution in [3.63, 3.8) is 0 Å². The predicted octanol–water partition coefficient (Wildman–Crippen LogP) is 4.59. The second-order valence-corrected chi connectivity index (χ2v) is 10.0. The molecule has 0 unspecified atom stereocenters. The number of anilines is 1. The van der Waals surface area contributed by atoms with Crippen LogP contribution in [0.1, 0.15) is 34.1 Å². The van der Waals surface area contributed by atoms with Gasteiger partial charge in [-0.3, -0.25) is 9.20 Å². The quantitative estimate of drug-likeness (QED) is 0.342. The van der Waals surface area contributed by atoms with Gasteiger partial charge in [-0.05, 0) is 54.3 Å². The fraction of sp³-hybridized carbons (Fsp3) is 0.304. The van der Waals surface area contributed by atoms with Gasteiger partial charge in [-0.1, -0.05) is 36.9 Å². The number of rotatable bonds is 5. The summed E-state index contributed by atoms with van der Waals surface area (Å²) in [5.41, 5.74) is 3.26. The molecule has 32 heavy (non-hydrogen) atoms. The third kappa shape index (κ3) is 3.75. The van der Waals surface area contributed by atoms with Crippen LogP contribution in [0.25, 0.3) is 16.6 Å². The van der Waals surface area contributed by atoms with E-state index in [-0.39, 0.29) is 11.7 Å². The van der Waals surface area contributed by atoms with Crippen LogP contribution < -0.4 is 5.32 Å². The molecule has 0 saturated heterocycles. The number of thioether (sulfide) groups is 1. The van der Waals surface area contributed by atoms with Gasteiger partial charge >= 0.3 is 5.97 Å². The first-order valence-corrected chi connectivity index (χ1v) is 12.2. The lowest BCUT2D eigenvalue weighted by molar-refractivity contribution is -0.113. The van der Waals surface area contributed by atoms with Crippen molar-refractivity contribution in [3.8, 4) is 0 Å². The second-order valence-electron chi connectivity index (χ2n) is 7.95. The second kappa shape index (κ2) is 8.55. The van der Waals surface area contributed by atoms with Crippen molar-refractivity contribution in [2.45, 2.75) is 31.3 Å². The first-order chi connectivity index (χ1) is 15.5. The van der Waals surface area contributed by atoms with Gasteiger partial charge in [0.1, 0.15) is 5.00 Å². The van der Waals surface area contributed by atoms with E-state index < -0.39 is 5.97 Å². The topological polar surface area (TPSA) is 85.6 Å². The molecule has 1 aromatic carbocycles.